The molecule has 3 heterocycles. The largest absolute Gasteiger partial charge is 0.468 e. The number of carbonyl (C=O) groups excluding carboxylic acids is 1. The van der Waals surface area contributed by atoms with E-state index in [-0.39, 0.29) is 11.2 Å². The van der Waals surface area contributed by atoms with Crippen LogP contribution in [0.15, 0.2) is 24.5 Å². The number of hydrogen-bond acceptors (Lipinski definition) is 6. The van der Waals surface area contributed by atoms with Crippen molar-refractivity contribution in [2.24, 2.45) is 7.05 Å². The third-order valence-electron chi connectivity index (χ3n) is 4.07. The molecule has 0 bridgehead atoms. The average molecular weight is 366 g/mol. The molecule has 9 heteroatoms. The quantitative estimate of drug-likeness (QED) is 0.614. The topological polar surface area (TPSA) is 66.4 Å². The molecule has 0 amide bonds. The lowest BCUT2D eigenvalue weighted by atomic mass is 10.2. The van der Waals surface area contributed by atoms with Crippen molar-refractivity contribution in [2.75, 3.05) is 26.0 Å². The van der Waals surface area contributed by atoms with Crippen LogP contribution in [0.3, 0.4) is 0 Å². The van der Waals surface area contributed by atoms with Crippen LogP contribution in [0.25, 0.3) is 11.4 Å². The maximum atomic E-state index is 11.8. The first-order valence-electron chi connectivity index (χ1n) is 7.67. The first-order valence-corrected chi connectivity index (χ1v) is 9.13. The monoisotopic (exact) mass is 366 g/mol. The molecule has 1 aliphatic heterocycles. The van der Waals surface area contributed by atoms with Gasteiger partial charge in [0.25, 0.3) is 0 Å². The summed E-state index contributed by atoms with van der Waals surface area (Å²) in [5.41, 5.74) is 0.981. The van der Waals surface area contributed by atoms with Gasteiger partial charge in [-0.25, -0.2) is 0 Å². The number of methoxy groups -OCH3 is 1. The predicted molar refractivity (Wildman–Crippen MR) is 94.2 cm³/mol. The zero-order valence-corrected chi connectivity index (χ0v) is 15.3. The number of carbonyl (C=O) groups is 1. The Hall–Kier alpha value is -1.71. The Bertz CT molecular complexity index is 774. The van der Waals surface area contributed by atoms with Crippen LogP contribution in [0.5, 0.6) is 0 Å². The van der Waals surface area contributed by atoms with Crippen LogP contribution in [0.2, 0.25) is 0 Å². The van der Waals surface area contributed by atoms with E-state index < -0.39 is 0 Å². The van der Waals surface area contributed by atoms with Crippen molar-refractivity contribution < 1.29 is 14.4 Å². The molecule has 0 spiro atoms. The Morgan fingerprint density at radius 3 is 2.96 bits per heavy atom. The average Bonchev–Trinajstić information content (AvgIpc) is 2.90. The number of hydrogen-bond donors (Lipinski definition) is 1. The number of nitrogens with zero attached hydrogens (tertiary/aromatic N) is 4. The third-order valence-corrected chi connectivity index (χ3v) is 5.75. The zero-order valence-electron chi connectivity index (χ0n) is 13.6. The molecule has 128 valence electrons. The molecule has 0 saturated carbocycles. The van der Waals surface area contributed by atoms with Crippen molar-refractivity contribution in [3.63, 3.8) is 0 Å². The van der Waals surface area contributed by atoms with Gasteiger partial charge >= 0.3 is 5.97 Å². The summed E-state index contributed by atoms with van der Waals surface area (Å²) in [7, 11) is 3.35. The molecule has 3 rings (SSSR count). The minimum atomic E-state index is -0.153. The highest BCUT2D eigenvalue weighted by atomic mass is 32.2. The number of nitrogens with one attached hydrogen (secondary N) is 1. The van der Waals surface area contributed by atoms with Gasteiger partial charge in [-0.2, -0.15) is 4.68 Å². The SMILES string of the molecule is COC(=O)[C@@H]1C[NH+](Cn2nc(-c3ccncc3)n(C)c2=S)CCS1. The maximum Gasteiger partial charge on any atom is 0.324 e. The van der Waals surface area contributed by atoms with Crippen LogP contribution in [0.1, 0.15) is 0 Å². The number of quaternary nitrogens is 1. The second-order valence-corrected chi connectivity index (χ2v) is 7.32. The molecule has 2 aromatic rings. The van der Waals surface area contributed by atoms with Gasteiger partial charge in [-0.1, -0.05) is 0 Å². The second-order valence-electron chi connectivity index (χ2n) is 5.65. The molecule has 0 aromatic carbocycles. The van der Waals surface area contributed by atoms with E-state index in [1.807, 2.05) is 28.4 Å². The fourth-order valence-electron chi connectivity index (χ4n) is 2.75. The fourth-order valence-corrected chi connectivity index (χ4v) is 4.22. The lowest BCUT2D eigenvalue weighted by molar-refractivity contribution is -0.921. The molecule has 24 heavy (non-hydrogen) atoms. The van der Waals surface area contributed by atoms with E-state index in [0.717, 1.165) is 30.2 Å². The number of thioether (sulfide) groups is 1. The fraction of sp³-hybridized carbons (Fsp3) is 0.467. The molecule has 2 atom stereocenters. The van der Waals surface area contributed by atoms with Gasteiger partial charge in [-0.3, -0.25) is 9.78 Å². The highest BCUT2D eigenvalue weighted by molar-refractivity contribution is 8.00. The van der Waals surface area contributed by atoms with Crippen LogP contribution in [-0.2, 0) is 23.2 Å². The highest BCUT2D eigenvalue weighted by Gasteiger charge is 2.30. The Balaban J connectivity index is 1.79. The Labute approximate surface area is 149 Å². The van der Waals surface area contributed by atoms with Crippen LogP contribution >= 0.6 is 24.0 Å². The normalized spacial score (nSPS) is 20.8. The summed E-state index contributed by atoms with van der Waals surface area (Å²) in [6.07, 6.45) is 3.48. The summed E-state index contributed by atoms with van der Waals surface area (Å²) < 4.78 is 9.28. The lowest BCUT2D eigenvalue weighted by Crippen LogP contribution is -3.14. The van der Waals surface area contributed by atoms with E-state index >= 15 is 0 Å². The summed E-state index contributed by atoms with van der Waals surface area (Å²) in [6.45, 7) is 2.34. The number of pyridine rings is 1. The summed E-state index contributed by atoms with van der Waals surface area (Å²) in [4.78, 5) is 17.1. The number of aromatic nitrogens is 4. The standard InChI is InChI=1S/C15H19N5O2S2/c1-18-13(11-3-5-16-6-4-11)17-20(15(18)23)10-19-7-8-24-12(9-19)14(21)22-2/h3-6,12H,7-10H2,1-2H3/p+1/t12-/m0/s1. The first-order chi connectivity index (χ1) is 11.6. The summed E-state index contributed by atoms with van der Waals surface area (Å²) in [5, 5.41) is 4.55. The molecular weight excluding hydrogens is 346 g/mol. The van der Waals surface area contributed by atoms with Crippen molar-refractivity contribution in [2.45, 2.75) is 11.9 Å². The predicted octanol–water partition coefficient (Wildman–Crippen LogP) is 0.144. The third kappa shape index (κ3) is 3.52. The molecule has 2 aromatic heterocycles. The summed E-state index contributed by atoms with van der Waals surface area (Å²) in [5.74, 6) is 1.59. The van der Waals surface area contributed by atoms with E-state index in [4.69, 9.17) is 17.0 Å². The molecule has 1 unspecified atom stereocenters. The van der Waals surface area contributed by atoms with Gasteiger partial charge in [-0.15, -0.1) is 16.9 Å². The molecule has 1 N–H and O–H groups in total. The van der Waals surface area contributed by atoms with Crippen LogP contribution in [0.4, 0.5) is 0 Å². The minimum Gasteiger partial charge on any atom is -0.468 e. The molecule has 1 fully saturated rings. The van der Waals surface area contributed by atoms with Crippen molar-refractivity contribution >= 4 is 29.9 Å². The van der Waals surface area contributed by atoms with Gasteiger partial charge in [0.2, 0.25) is 4.77 Å². The Morgan fingerprint density at radius 2 is 2.25 bits per heavy atom. The van der Waals surface area contributed by atoms with E-state index in [9.17, 15) is 4.79 Å². The lowest BCUT2D eigenvalue weighted by Gasteiger charge is -2.27. The van der Waals surface area contributed by atoms with E-state index in [2.05, 4.69) is 10.1 Å². The maximum absolute atomic E-state index is 11.8. The van der Waals surface area contributed by atoms with Crippen molar-refractivity contribution in [3.05, 3.63) is 29.3 Å². The van der Waals surface area contributed by atoms with Crippen molar-refractivity contribution in [1.29, 1.82) is 0 Å². The van der Waals surface area contributed by atoms with Gasteiger partial charge in [0, 0.05) is 30.8 Å². The molecule has 0 aliphatic carbocycles. The minimum absolute atomic E-state index is 0.115. The van der Waals surface area contributed by atoms with Crippen LogP contribution in [0, 0.1) is 4.77 Å². The number of ether oxygens (including phenoxy) is 1. The summed E-state index contributed by atoms with van der Waals surface area (Å²) in [6, 6.07) is 3.83. The number of rotatable bonds is 4. The molecule has 1 saturated heterocycles. The molecule has 0 radical (unpaired) electrons. The molecular formula is C15H20N5O2S2+. The summed E-state index contributed by atoms with van der Waals surface area (Å²) >= 11 is 7.18. The second kappa shape index (κ2) is 7.45. The number of esters is 1. The first kappa shape index (κ1) is 17.1. The van der Waals surface area contributed by atoms with Gasteiger partial charge in [0.1, 0.15) is 6.54 Å². The van der Waals surface area contributed by atoms with E-state index in [0.29, 0.717) is 11.4 Å². The van der Waals surface area contributed by atoms with Crippen LogP contribution < -0.4 is 4.90 Å². The molecule has 1 aliphatic rings. The van der Waals surface area contributed by atoms with Gasteiger partial charge < -0.3 is 14.2 Å². The van der Waals surface area contributed by atoms with E-state index in [1.54, 1.807) is 24.2 Å². The van der Waals surface area contributed by atoms with Gasteiger partial charge in [0.15, 0.2) is 17.7 Å². The van der Waals surface area contributed by atoms with Gasteiger partial charge in [-0.05, 0) is 24.4 Å². The zero-order chi connectivity index (χ0) is 17.1. The van der Waals surface area contributed by atoms with Crippen molar-refractivity contribution in [1.82, 2.24) is 19.3 Å². The van der Waals surface area contributed by atoms with Gasteiger partial charge in [0.05, 0.1) is 13.7 Å². The van der Waals surface area contributed by atoms with Crippen molar-refractivity contribution in [3.8, 4) is 11.4 Å². The van der Waals surface area contributed by atoms with Crippen LogP contribution in [-0.4, -0.2) is 56.5 Å². The smallest absolute Gasteiger partial charge is 0.324 e. The van der Waals surface area contributed by atoms with E-state index in [1.165, 1.54) is 12.0 Å². The Kier molecular flexibility index (Phi) is 5.32. The molecule has 7 nitrogen and oxygen atoms in total. The highest BCUT2D eigenvalue weighted by Crippen LogP contribution is 2.16. The Morgan fingerprint density at radius 1 is 1.50 bits per heavy atom.